The third-order valence-corrected chi connectivity index (χ3v) is 16.6. The molecule has 0 radical (unpaired) electrons. The molecule has 3 amide bonds. The zero-order chi connectivity index (χ0) is 70.1. The van der Waals surface area contributed by atoms with E-state index in [9.17, 15) is 24.3 Å². The first-order chi connectivity index (χ1) is 47.2. The van der Waals surface area contributed by atoms with E-state index in [0.29, 0.717) is 136 Å². The number of carbonyl (C=O) groups excluding carboxylic acids is 4. The molecule has 5 saturated heterocycles. The number of aromatic nitrogens is 1. The number of rotatable bonds is 23. The van der Waals surface area contributed by atoms with Crippen LogP contribution in [0.5, 0.6) is 23.0 Å². The number of amides is 3. The number of benzene rings is 5. The molecule has 0 unspecified atom stereocenters. The van der Waals surface area contributed by atoms with Crippen molar-refractivity contribution in [1.29, 1.82) is 21.6 Å². The Kier molecular flexibility index (Phi) is 27.6. The SMILES string of the molecule is C=CCOC(=O)[C@@H]1C[C@@H](Oc2cccc(C(=N)N)c2)CN1Cc1ccccc1.CC(C)NC(=O)[C@@H]1C[C@@H](Oc2cccc(C(=N)N)c2)CN1.N=C(N)c1cccc(O[C@H]2CN[C@H](C(=O)N3CCC(O)CC3)C2)c1.N=C(N)c1cccc(O[C@H]2CN[C@H](C(=O)NCc3cccnc3)C2)c1. The topological polar surface area (TPSA) is 414 Å². The maximum atomic E-state index is 12.5. The number of nitrogens with one attached hydrogen (secondary N) is 9. The summed E-state index contributed by atoms with van der Waals surface area (Å²) in [5.74, 6) is 2.41. The fourth-order valence-electron chi connectivity index (χ4n) is 11.6. The number of amidine groups is 4. The van der Waals surface area contributed by atoms with Crippen LogP contribution in [0.3, 0.4) is 0 Å². The van der Waals surface area contributed by atoms with Gasteiger partial charge in [0.15, 0.2) is 0 Å². The van der Waals surface area contributed by atoms with Gasteiger partial charge >= 0.3 is 5.97 Å². The van der Waals surface area contributed by atoms with E-state index >= 15 is 0 Å². The minimum atomic E-state index is -0.374. The van der Waals surface area contributed by atoms with Crippen LogP contribution in [0.2, 0.25) is 0 Å². The van der Waals surface area contributed by atoms with Gasteiger partial charge in [0.05, 0.1) is 24.2 Å². The van der Waals surface area contributed by atoms with Crippen molar-refractivity contribution in [2.24, 2.45) is 22.9 Å². The summed E-state index contributed by atoms with van der Waals surface area (Å²) in [7, 11) is 0. The van der Waals surface area contributed by atoms with Gasteiger partial charge in [0.25, 0.3) is 0 Å². The molecule has 11 rings (SSSR count). The van der Waals surface area contributed by atoms with Crippen molar-refractivity contribution in [3.05, 3.63) is 198 Å². The van der Waals surface area contributed by atoms with Crippen LogP contribution in [-0.2, 0) is 37.0 Å². The number of ether oxygens (including phenoxy) is 5. The van der Waals surface area contributed by atoms with Crippen LogP contribution >= 0.6 is 0 Å². The second-order valence-corrected chi connectivity index (χ2v) is 24.7. The summed E-state index contributed by atoms with van der Waals surface area (Å²) < 4.78 is 29.1. The van der Waals surface area contributed by atoms with Crippen LogP contribution in [0.15, 0.2) is 165 Å². The van der Waals surface area contributed by atoms with Gasteiger partial charge in [0, 0.05) is 119 Å². The average molecular weight is 1340 g/mol. The van der Waals surface area contributed by atoms with Crippen LogP contribution in [0.4, 0.5) is 0 Å². The van der Waals surface area contributed by atoms with E-state index in [1.165, 1.54) is 0 Å². The highest BCUT2D eigenvalue weighted by Crippen LogP contribution is 2.28. The smallest absolute Gasteiger partial charge is 0.323 e. The molecule has 1 aromatic heterocycles. The standard InChI is InChI=1S/C22H25N3O3.C18H21N5O2.C17H24N4O3.C15H22N4O2/c1-2-11-27-22(26)20-13-19(15-25(20)14-16-7-4-3-5-8-16)28-18-10-6-9-17(12-18)21(23)24;19-17(20)13-4-1-5-14(7-13)25-15-8-16(22-11-15)18(24)23-10-12-3-2-6-21-9-12;18-16(19)11-2-1-3-13(8-11)24-14-9-15(20-10-14)17(23)21-6-4-12(22)5-7-21;1-9(2)19-15(20)13-7-12(8-18-13)21-11-5-3-4-10(6-11)14(16)17/h2-10,12,19-20H,1,11,13-15H2,(H3,23,24);1-7,9,15-16,22H,8,10-11H2,(H3,19,20)(H,23,24);1-3,8,12,14-15,20,22H,4-7,9-10H2,(H3,18,19);3-6,9,12-13,18H,7-8H2,1-2H3,(H3,16,17)(H,19,20)/t19-,20+;15-,16+;14-,15+;12-,13+/m1111/s1. The van der Waals surface area contributed by atoms with E-state index in [0.717, 1.165) is 11.1 Å². The van der Waals surface area contributed by atoms with Crippen LogP contribution in [0.25, 0.3) is 0 Å². The van der Waals surface area contributed by atoms with E-state index in [-0.39, 0.29) is 114 Å². The first kappa shape index (κ1) is 73.6. The van der Waals surface area contributed by atoms with E-state index in [4.69, 9.17) is 68.3 Å². The molecule has 8 atom stereocenters. The lowest BCUT2D eigenvalue weighted by molar-refractivity contribution is -0.148. The van der Waals surface area contributed by atoms with Crippen LogP contribution in [0, 0.1) is 21.6 Å². The van der Waals surface area contributed by atoms with Crippen molar-refractivity contribution in [2.75, 3.05) is 45.9 Å². The Labute approximate surface area is 571 Å². The molecule has 98 heavy (non-hydrogen) atoms. The number of likely N-dealkylation sites (tertiary alicyclic amines) is 2. The Hall–Kier alpha value is -10.3. The molecule has 26 nitrogen and oxygen atoms in total. The number of carbonyl (C=O) groups is 4. The first-order valence-corrected chi connectivity index (χ1v) is 32.8. The molecular formula is C72H92N16O10. The number of nitrogens with two attached hydrogens (primary N) is 4. The largest absolute Gasteiger partial charge is 0.489 e. The minimum absolute atomic E-state index is 0.00246. The monoisotopic (exact) mass is 1340 g/mol. The fourth-order valence-corrected chi connectivity index (χ4v) is 11.6. The molecule has 0 saturated carbocycles. The van der Waals surface area contributed by atoms with Gasteiger partial charge in [-0.25, -0.2) is 0 Å². The van der Waals surface area contributed by atoms with E-state index in [1.807, 2.05) is 85.5 Å². The summed E-state index contributed by atoms with van der Waals surface area (Å²) in [4.78, 5) is 57.2. The minimum Gasteiger partial charge on any atom is -0.489 e. The van der Waals surface area contributed by atoms with Crippen molar-refractivity contribution in [3.8, 4) is 23.0 Å². The van der Waals surface area contributed by atoms with Gasteiger partial charge in [-0.3, -0.25) is 50.7 Å². The lowest BCUT2D eigenvalue weighted by Gasteiger charge is -2.31. The molecule has 0 bridgehead atoms. The highest BCUT2D eigenvalue weighted by atomic mass is 16.5. The Bertz CT molecular complexity index is 3670. The van der Waals surface area contributed by atoms with Crippen LogP contribution in [0.1, 0.15) is 85.8 Å². The lowest BCUT2D eigenvalue weighted by atomic mass is 10.1. The molecule has 6 heterocycles. The van der Waals surface area contributed by atoms with Crippen molar-refractivity contribution < 1.29 is 48.0 Å². The second-order valence-electron chi connectivity index (χ2n) is 24.7. The van der Waals surface area contributed by atoms with Crippen LogP contribution < -0.4 is 68.5 Å². The highest BCUT2D eigenvalue weighted by molar-refractivity contribution is 5.97. The number of aliphatic hydroxyl groups excluding tert-OH is 1. The summed E-state index contributed by atoms with van der Waals surface area (Å²) in [5.41, 5.74) is 26.6. The number of piperidine rings is 1. The summed E-state index contributed by atoms with van der Waals surface area (Å²) in [6, 6.07) is 41.3. The Morgan fingerprint density at radius 3 is 1.50 bits per heavy atom. The number of hydrogen-bond donors (Lipinski definition) is 14. The third kappa shape index (κ3) is 23.0. The Morgan fingerprint density at radius 2 is 1.05 bits per heavy atom. The predicted molar refractivity (Wildman–Crippen MR) is 374 cm³/mol. The normalized spacial score (nSPS) is 21.0. The average Bonchev–Trinajstić information content (AvgIpc) is 1.69. The number of pyridine rings is 1. The zero-order valence-corrected chi connectivity index (χ0v) is 55.4. The van der Waals surface area contributed by atoms with Gasteiger partial charge in [0.1, 0.15) is 83.4 Å². The summed E-state index contributed by atoms with van der Waals surface area (Å²) in [5, 5.41) is 54.9. The maximum absolute atomic E-state index is 12.5. The number of aliphatic hydroxyl groups is 1. The first-order valence-electron chi connectivity index (χ1n) is 32.8. The van der Waals surface area contributed by atoms with Gasteiger partial charge in [-0.15, -0.1) is 0 Å². The Balaban J connectivity index is 0.000000167. The van der Waals surface area contributed by atoms with Gasteiger partial charge in [-0.05, 0) is 92.4 Å². The van der Waals surface area contributed by atoms with Crippen LogP contribution in [-0.4, -0.2) is 174 Å². The number of nitrogen functional groups attached to an aromatic ring is 4. The molecule has 0 aliphatic carbocycles. The molecule has 5 aromatic carbocycles. The molecule has 520 valence electrons. The maximum Gasteiger partial charge on any atom is 0.323 e. The van der Waals surface area contributed by atoms with Gasteiger partial charge in [-0.1, -0.05) is 97.6 Å². The lowest BCUT2D eigenvalue weighted by Crippen LogP contribution is -2.47. The van der Waals surface area contributed by atoms with Crippen molar-refractivity contribution >= 4 is 47.0 Å². The van der Waals surface area contributed by atoms with Crippen molar-refractivity contribution in [1.82, 2.24) is 41.4 Å². The van der Waals surface area contributed by atoms with E-state index < -0.39 is 0 Å². The van der Waals surface area contributed by atoms with Gasteiger partial charge < -0.3 is 83.2 Å². The van der Waals surface area contributed by atoms with Gasteiger partial charge in [-0.2, -0.15) is 0 Å². The van der Waals surface area contributed by atoms with Gasteiger partial charge in [0.2, 0.25) is 17.7 Å². The highest BCUT2D eigenvalue weighted by Gasteiger charge is 2.40. The predicted octanol–water partition coefficient (Wildman–Crippen LogP) is 4.18. The summed E-state index contributed by atoms with van der Waals surface area (Å²) in [6.07, 6.45) is 7.97. The fraction of sp³-hybridized carbons (Fsp3) is 0.375. The number of esters is 1. The quantitative estimate of drug-likeness (QED) is 0.0185. The van der Waals surface area contributed by atoms with Crippen molar-refractivity contribution in [3.63, 3.8) is 0 Å². The zero-order valence-electron chi connectivity index (χ0n) is 55.4. The molecule has 5 aliphatic rings. The molecule has 26 heteroatoms. The van der Waals surface area contributed by atoms with Crippen molar-refractivity contribution in [2.45, 2.75) is 126 Å². The molecule has 6 aromatic rings. The number of hydrogen-bond acceptors (Lipinski definition) is 19. The summed E-state index contributed by atoms with van der Waals surface area (Å²) in [6.45, 7) is 12.4. The summed E-state index contributed by atoms with van der Waals surface area (Å²) >= 11 is 0. The molecule has 5 fully saturated rings. The molecule has 18 N–H and O–H groups in total. The molecule has 0 spiro atoms. The molecule has 5 aliphatic heterocycles. The van der Waals surface area contributed by atoms with E-state index in [1.54, 1.807) is 91.3 Å². The third-order valence-electron chi connectivity index (χ3n) is 16.6. The molecular weight excluding hydrogens is 1250 g/mol. The van der Waals surface area contributed by atoms with E-state index in [2.05, 4.69) is 43.0 Å². The second kappa shape index (κ2) is 36.7. The Morgan fingerprint density at radius 1 is 0.602 bits per heavy atom. The number of nitrogens with zero attached hydrogens (tertiary/aromatic N) is 3.